The number of anilines is 1. The number of hydrogen-bond donors (Lipinski definition) is 1. The van der Waals surface area contributed by atoms with Gasteiger partial charge in [-0.15, -0.1) is 0 Å². The summed E-state index contributed by atoms with van der Waals surface area (Å²) in [5, 5.41) is 3.55. The summed E-state index contributed by atoms with van der Waals surface area (Å²) in [6.07, 6.45) is 2.17. The average molecular weight is 289 g/mol. The highest BCUT2D eigenvalue weighted by molar-refractivity contribution is 5.67. The van der Waals surface area contributed by atoms with Gasteiger partial charge >= 0.3 is 6.09 Å². The smallest absolute Gasteiger partial charge is 0.409 e. The molecule has 0 radical (unpaired) electrons. The number of rotatable bonds is 2. The lowest BCUT2D eigenvalue weighted by Crippen LogP contribution is -2.48. The highest BCUT2D eigenvalue weighted by Crippen LogP contribution is 2.27. The second-order valence-electron chi connectivity index (χ2n) is 5.71. The van der Waals surface area contributed by atoms with E-state index >= 15 is 0 Å². The van der Waals surface area contributed by atoms with Crippen LogP contribution in [0.4, 0.5) is 10.5 Å². The van der Waals surface area contributed by atoms with Crippen LogP contribution in [-0.2, 0) is 17.7 Å². The lowest BCUT2D eigenvalue weighted by atomic mass is 9.99. The fraction of sp³-hybridized carbons (Fsp3) is 0.562. The van der Waals surface area contributed by atoms with Gasteiger partial charge in [-0.25, -0.2) is 4.79 Å². The lowest BCUT2D eigenvalue weighted by Gasteiger charge is -2.34. The maximum absolute atomic E-state index is 11.5. The van der Waals surface area contributed by atoms with Crippen LogP contribution in [0.1, 0.15) is 17.5 Å². The van der Waals surface area contributed by atoms with Crippen molar-refractivity contribution in [2.24, 2.45) is 0 Å². The molecule has 1 aromatic carbocycles. The molecule has 1 amide bonds. The predicted octanol–water partition coefficient (Wildman–Crippen LogP) is 1.93. The third kappa shape index (κ3) is 3.13. The van der Waals surface area contributed by atoms with E-state index in [1.54, 1.807) is 4.90 Å². The van der Waals surface area contributed by atoms with Gasteiger partial charge in [-0.05, 0) is 24.0 Å². The summed E-state index contributed by atoms with van der Waals surface area (Å²) in [6.45, 7) is 5.31. The van der Waals surface area contributed by atoms with Crippen LogP contribution < -0.4 is 5.32 Å². The second-order valence-corrected chi connectivity index (χ2v) is 5.71. The number of fused-ring (bicyclic) bond motifs is 1. The Morgan fingerprint density at radius 1 is 1.29 bits per heavy atom. The largest absolute Gasteiger partial charge is 0.453 e. The number of para-hydroxylation sites is 1. The molecule has 1 aromatic rings. The topological polar surface area (TPSA) is 44.8 Å². The number of nitrogens with zero attached hydrogens (tertiary/aromatic N) is 2. The minimum atomic E-state index is -0.214. The van der Waals surface area contributed by atoms with Crippen molar-refractivity contribution in [3.05, 3.63) is 29.3 Å². The Bertz CT molecular complexity index is 510. The Kier molecular flexibility index (Phi) is 4.29. The maximum atomic E-state index is 11.5. The minimum Gasteiger partial charge on any atom is -0.453 e. The molecule has 2 heterocycles. The summed E-state index contributed by atoms with van der Waals surface area (Å²) < 4.78 is 4.78. The Balaban J connectivity index is 1.62. The second kappa shape index (κ2) is 6.35. The molecule has 0 spiro atoms. The van der Waals surface area contributed by atoms with Crippen LogP contribution in [0.25, 0.3) is 0 Å². The molecule has 0 aliphatic carbocycles. The standard InChI is InChI=1S/C16H23N3O2/c1-21-16(20)19-10-8-18(9-11-19)12-14-5-2-4-13-6-3-7-17-15(13)14/h2,4-5,17H,3,6-12H2,1H3. The van der Waals surface area contributed by atoms with Gasteiger partial charge in [0, 0.05) is 45.0 Å². The van der Waals surface area contributed by atoms with Gasteiger partial charge in [0.15, 0.2) is 0 Å². The van der Waals surface area contributed by atoms with E-state index in [2.05, 4.69) is 28.4 Å². The molecule has 1 saturated heterocycles. The molecule has 0 unspecified atom stereocenters. The monoisotopic (exact) mass is 289 g/mol. The summed E-state index contributed by atoms with van der Waals surface area (Å²) in [4.78, 5) is 15.7. The van der Waals surface area contributed by atoms with E-state index in [4.69, 9.17) is 4.74 Å². The molecule has 2 aliphatic rings. The van der Waals surface area contributed by atoms with Gasteiger partial charge < -0.3 is 15.0 Å². The molecule has 0 atom stereocenters. The molecule has 5 nitrogen and oxygen atoms in total. The summed E-state index contributed by atoms with van der Waals surface area (Å²) in [5.74, 6) is 0. The zero-order valence-electron chi connectivity index (χ0n) is 12.6. The third-order valence-corrected chi connectivity index (χ3v) is 4.36. The number of ether oxygens (including phenoxy) is 1. The number of nitrogens with one attached hydrogen (secondary N) is 1. The van der Waals surface area contributed by atoms with Crippen LogP contribution >= 0.6 is 0 Å². The van der Waals surface area contributed by atoms with Gasteiger partial charge in [-0.3, -0.25) is 4.90 Å². The Labute approximate surface area is 125 Å². The van der Waals surface area contributed by atoms with E-state index in [1.807, 2.05) is 0 Å². The predicted molar refractivity (Wildman–Crippen MR) is 82.5 cm³/mol. The zero-order chi connectivity index (χ0) is 14.7. The van der Waals surface area contributed by atoms with Crippen molar-refractivity contribution < 1.29 is 9.53 Å². The van der Waals surface area contributed by atoms with E-state index < -0.39 is 0 Å². The number of carbonyl (C=O) groups is 1. The van der Waals surface area contributed by atoms with Gasteiger partial charge in [-0.2, -0.15) is 0 Å². The first-order valence-electron chi connectivity index (χ1n) is 7.68. The maximum Gasteiger partial charge on any atom is 0.409 e. The first-order chi connectivity index (χ1) is 10.3. The molecule has 5 heteroatoms. The Hall–Kier alpha value is -1.75. The van der Waals surface area contributed by atoms with Gasteiger partial charge in [-0.1, -0.05) is 18.2 Å². The molecule has 0 aromatic heterocycles. The van der Waals surface area contributed by atoms with Crippen LogP contribution in [0, 0.1) is 0 Å². The molecule has 1 N–H and O–H groups in total. The lowest BCUT2D eigenvalue weighted by molar-refractivity contribution is 0.0889. The molecule has 3 rings (SSSR count). The third-order valence-electron chi connectivity index (χ3n) is 4.36. The van der Waals surface area contributed by atoms with Crippen molar-refractivity contribution in [3.8, 4) is 0 Å². The van der Waals surface area contributed by atoms with Crippen molar-refractivity contribution >= 4 is 11.8 Å². The number of hydrogen-bond acceptors (Lipinski definition) is 4. The summed E-state index contributed by atoms with van der Waals surface area (Å²) in [6, 6.07) is 6.59. The molecule has 1 fully saturated rings. The highest BCUT2D eigenvalue weighted by Gasteiger charge is 2.22. The van der Waals surface area contributed by atoms with Gasteiger partial charge in [0.25, 0.3) is 0 Å². The number of methoxy groups -OCH3 is 1. The summed E-state index contributed by atoms with van der Waals surface area (Å²) >= 11 is 0. The summed E-state index contributed by atoms with van der Waals surface area (Å²) in [7, 11) is 1.44. The van der Waals surface area contributed by atoms with Crippen molar-refractivity contribution in [2.45, 2.75) is 19.4 Å². The van der Waals surface area contributed by atoms with Crippen LogP contribution in [-0.4, -0.2) is 55.7 Å². The van der Waals surface area contributed by atoms with Crippen molar-refractivity contribution in [1.82, 2.24) is 9.80 Å². The Morgan fingerprint density at radius 2 is 2.10 bits per heavy atom. The molecular formula is C16H23N3O2. The number of aryl methyl sites for hydroxylation is 1. The van der Waals surface area contributed by atoms with E-state index in [-0.39, 0.29) is 6.09 Å². The quantitative estimate of drug-likeness (QED) is 0.903. The number of benzene rings is 1. The zero-order valence-corrected chi connectivity index (χ0v) is 12.6. The van der Waals surface area contributed by atoms with E-state index in [1.165, 1.54) is 36.8 Å². The average Bonchev–Trinajstić information content (AvgIpc) is 2.55. The first-order valence-corrected chi connectivity index (χ1v) is 7.68. The van der Waals surface area contributed by atoms with Gasteiger partial charge in [0.1, 0.15) is 0 Å². The van der Waals surface area contributed by atoms with Crippen LogP contribution in [0.2, 0.25) is 0 Å². The number of carbonyl (C=O) groups excluding carboxylic acids is 1. The van der Waals surface area contributed by atoms with Gasteiger partial charge in [0.2, 0.25) is 0 Å². The SMILES string of the molecule is COC(=O)N1CCN(Cc2cccc3c2NCCC3)CC1. The normalized spacial score (nSPS) is 18.8. The molecule has 114 valence electrons. The van der Waals surface area contributed by atoms with Gasteiger partial charge in [0.05, 0.1) is 7.11 Å². The Morgan fingerprint density at radius 3 is 2.86 bits per heavy atom. The molecule has 2 aliphatic heterocycles. The minimum absolute atomic E-state index is 0.214. The van der Waals surface area contributed by atoms with Crippen molar-refractivity contribution in [3.63, 3.8) is 0 Å². The van der Waals surface area contributed by atoms with E-state index in [0.29, 0.717) is 0 Å². The van der Waals surface area contributed by atoms with E-state index in [9.17, 15) is 4.79 Å². The number of amides is 1. The van der Waals surface area contributed by atoms with Crippen molar-refractivity contribution in [1.29, 1.82) is 0 Å². The number of piperazine rings is 1. The fourth-order valence-electron chi connectivity index (χ4n) is 3.17. The first kappa shape index (κ1) is 14.2. The molecule has 21 heavy (non-hydrogen) atoms. The van der Waals surface area contributed by atoms with Crippen LogP contribution in [0.15, 0.2) is 18.2 Å². The summed E-state index contributed by atoms with van der Waals surface area (Å²) in [5.41, 5.74) is 4.14. The molecular weight excluding hydrogens is 266 g/mol. The fourth-order valence-corrected chi connectivity index (χ4v) is 3.17. The highest BCUT2D eigenvalue weighted by atomic mass is 16.5. The van der Waals surface area contributed by atoms with Crippen LogP contribution in [0.5, 0.6) is 0 Å². The molecule has 0 bridgehead atoms. The van der Waals surface area contributed by atoms with Crippen LogP contribution in [0.3, 0.4) is 0 Å². The molecule has 0 saturated carbocycles. The van der Waals surface area contributed by atoms with Crippen molar-refractivity contribution in [2.75, 3.05) is 45.2 Å². The van der Waals surface area contributed by atoms with E-state index in [0.717, 1.165) is 39.3 Å².